The molecule has 2 N–H and O–H groups in total. The maximum absolute atomic E-state index is 12.2. The highest BCUT2D eigenvalue weighted by Gasteiger charge is 2.19. The quantitative estimate of drug-likeness (QED) is 0.530. The van der Waals surface area contributed by atoms with E-state index in [0.717, 1.165) is 29.3 Å². The van der Waals surface area contributed by atoms with Crippen LogP contribution in [0.2, 0.25) is 0 Å². The van der Waals surface area contributed by atoms with Crippen molar-refractivity contribution in [2.75, 3.05) is 0 Å². The highest BCUT2D eigenvalue weighted by molar-refractivity contribution is 5.89. The van der Waals surface area contributed by atoms with Gasteiger partial charge in [-0.25, -0.2) is 0 Å². The van der Waals surface area contributed by atoms with E-state index in [1.807, 2.05) is 30.5 Å². The second-order valence-electron chi connectivity index (χ2n) is 7.17. The fourth-order valence-electron chi connectivity index (χ4n) is 3.33. The lowest BCUT2D eigenvalue weighted by atomic mass is 10.0. The molecule has 2 rings (SSSR count). The summed E-state index contributed by atoms with van der Waals surface area (Å²) in [6, 6.07) is 7.57. The predicted molar refractivity (Wildman–Crippen MR) is 107 cm³/mol. The molecule has 1 unspecified atom stereocenters. The largest absolute Gasteiger partial charge is 0.361 e. The second-order valence-corrected chi connectivity index (χ2v) is 7.17. The van der Waals surface area contributed by atoms with Gasteiger partial charge in [0.1, 0.15) is 0 Å². The first-order valence-electron chi connectivity index (χ1n) is 9.96. The molecule has 1 aromatic heterocycles. The van der Waals surface area contributed by atoms with Gasteiger partial charge >= 0.3 is 0 Å². The number of H-pyrrole nitrogens is 1. The number of carbonyl (C=O) groups is 2. The monoisotopic (exact) mass is 356 g/mol. The van der Waals surface area contributed by atoms with Crippen LogP contribution in [0.5, 0.6) is 0 Å². The smallest absolute Gasteiger partial charge is 0.220 e. The Morgan fingerprint density at radius 1 is 1.04 bits per heavy atom. The molecule has 1 heterocycles. The third kappa shape index (κ3) is 6.32. The molecule has 2 aromatic rings. The van der Waals surface area contributed by atoms with Crippen LogP contribution < -0.4 is 5.32 Å². The van der Waals surface area contributed by atoms with Crippen LogP contribution in [0.3, 0.4) is 0 Å². The van der Waals surface area contributed by atoms with E-state index in [4.69, 9.17) is 0 Å². The van der Waals surface area contributed by atoms with Gasteiger partial charge in [0, 0.05) is 29.9 Å². The number of unbranched alkanes of at least 4 members (excludes halogenated alkanes) is 6. The fourth-order valence-corrected chi connectivity index (χ4v) is 3.33. The van der Waals surface area contributed by atoms with Gasteiger partial charge in [-0.15, -0.1) is 0 Å². The van der Waals surface area contributed by atoms with E-state index in [1.54, 1.807) is 6.92 Å². The first kappa shape index (κ1) is 20.2. The zero-order valence-electron chi connectivity index (χ0n) is 16.1. The Bertz CT molecular complexity index is 705. The number of fused-ring (bicyclic) bond motifs is 1. The topological polar surface area (TPSA) is 62.0 Å². The molecule has 26 heavy (non-hydrogen) atoms. The van der Waals surface area contributed by atoms with Gasteiger partial charge in [-0.05, 0) is 25.0 Å². The van der Waals surface area contributed by atoms with Crippen molar-refractivity contribution < 1.29 is 9.59 Å². The van der Waals surface area contributed by atoms with Gasteiger partial charge in [0.05, 0.1) is 6.04 Å². The van der Waals surface area contributed by atoms with Gasteiger partial charge in [-0.3, -0.25) is 9.59 Å². The molecule has 0 aliphatic rings. The van der Waals surface area contributed by atoms with Gasteiger partial charge in [0.2, 0.25) is 5.91 Å². The van der Waals surface area contributed by atoms with Crippen LogP contribution in [-0.4, -0.2) is 22.7 Å². The predicted octanol–water partition coefficient (Wildman–Crippen LogP) is 4.92. The molecule has 0 saturated carbocycles. The highest BCUT2D eigenvalue weighted by atomic mass is 16.2. The van der Waals surface area contributed by atoms with E-state index < -0.39 is 6.04 Å². The van der Waals surface area contributed by atoms with E-state index in [1.165, 1.54) is 32.1 Å². The number of Topliss-reactive ketones (excluding diaryl/α,β-unsaturated/α-hetero) is 1. The molecule has 1 atom stereocenters. The lowest BCUT2D eigenvalue weighted by molar-refractivity contribution is -0.126. The lowest BCUT2D eigenvalue weighted by Crippen LogP contribution is -2.41. The van der Waals surface area contributed by atoms with Crippen molar-refractivity contribution in [3.8, 4) is 0 Å². The average Bonchev–Trinajstić information content (AvgIpc) is 3.03. The van der Waals surface area contributed by atoms with Crippen LogP contribution in [0, 0.1) is 0 Å². The molecule has 0 fully saturated rings. The molecular formula is C22H32N2O2. The van der Waals surface area contributed by atoms with Gasteiger partial charge < -0.3 is 10.3 Å². The second kappa shape index (κ2) is 10.8. The number of amides is 1. The molecule has 0 bridgehead atoms. The van der Waals surface area contributed by atoms with Gasteiger partial charge in [0.15, 0.2) is 5.78 Å². The van der Waals surface area contributed by atoms with E-state index in [9.17, 15) is 9.59 Å². The molecule has 0 saturated heterocycles. The normalized spacial score (nSPS) is 12.2. The third-order valence-corrected chi connectivity index (χ3v) is 4.93. The summed E-state index contributed by atoms with van der Waals surface area (Å²) in [6.45, 7) is 3.76. The number of aromatic amines is 1. The SMILES string of the molecule is CCCCCCCCCC(=O)NC(Cc1c[nH]c2ccccc12)C(C)=O. The number of benzene rings is 1. The Balaban J connectivity index is 1.79. The van der Waals surface area contributed by atoms with Gasteiger partial charge in [-0.1, -0.05) is 63.6 Å². The highest BCUT2D eigenvalue weighted by Crippen LogP contribution is 2.19. The third-order valence-electron chi connectivity index (χ3n) is 4.93. The van der Waals surface area contributed by atoms with Crippen LogP contribution in [0.1, 0.15) is 70.8 Å². The molecule has 1 amide bonds. The summed E-state index contributed by atoms with van der Waals surface area (Å²) in [5.74, 6) is -0.0122. The van der Waals surface area contributed by atoms with Crippen LogP contribution in [0.25, 0.3) is 10.9 Å². The van der Waals surface area contributed by atoms with E-state index >= 15 is 0 Å². The number of carbonyl (C=O) groups excluding carboxylic acids is 2. The van der Waals surface area contributed by atoms with Crippen molar-refractivity contribution in [3.63, 3.8) is 0 Å². The maximum atomic E-state index is 12.2. The summed E-state index contributed by atoms with van der Waals surface area (Å²) >= 11 is 0. The number of rotatable bonds is 12. The lowest BCUT2D eigenvalue weighted by Gasteiger charge is -2.15. The average molecular weight is 357 g/mol. The molecule has 0 aliphatic carbocycles. The Morgan fingerprint density at radius 2 is 1.73 bits per heavy atom. The minimum Gasteiger partial charge on any atom is -0.361 e. The van der Waals surface area contributed by atoms with E-state index in [-0.39, 0.29) is 11.7 Å². The summed E-state index contributed by atoms with van der Waals surface area (Å²) in [7, 11) is 0. The summed E-state index contributed by atoms with van der Waals surface area (Å²) in [6.07, 6.45) is 11.3. The minimum absolute atomic E-state index is 0.00296. The Kier molecular flexibility index (Phi) is 8.39. The summed E-state index contributed by atoms with van der Waals surface area (Å²) < 4.78 is 0. The van der Waals surface area contributed by atoms with Gasteiger partial charge in [-0.2, -0.15) is 0 Å². The number of hydrogen-bond acceptors (Lipinski definition) is 2. The van der Waals surface area contributed by atoms with Crippen molar-refractivity contribution in [1.29, 1.82) is 0 Å². The fraction of sp³-hybridized carbons (Fsp3) is 0.545. The molecular weight excluding hydrogens is 324 g/mol. The Hall–Kier alpha value is -2.10. The molecule has 0 radical (unpaired) electrons. The summed E-state index contributed by atoms with van der Waals surface area (Å²) in [5.41, 5.74) is 2.12. The summed E-state index contributed by atoms with van der Waals surface area (Å²) in [5, 5.41) is 4.04. The molecule has 4 heteroatoms. The van der Waals surface area contributed by atoms with Crippen molar-refractivity contribution in [2.45, 2.75) is 77.7 Å². The van der Waals surface area contributed by atoms with Crippen LogP contribution in [0.15, 0.2) is 30.5 Å². The first-order valence-corrected chi connectivity index (χ1v) is 9.96. The number of nitrogens with one attached hydrogen (secondary N) is 2. The first-order chi connectivity index (χ1) is 12.6. The molecule has 0 spiro atoms. The zero-order valence-corrected chi connectivity index (χ0v) is 16.1. The Morgan fingerprint density at radius 3 is 2.46 bits per heavy atom. The zero-order chi connectivity index (χ0) is 18.8. The van der Waals surface area contributed by atoms with Crippen LogP contribution in [-0.2, 0) is 16.0 Å². The number of aromatic nitrogens is 1. The molecule has 142 valence electrons. The van der Waals surface area contributed by atoms with Crippen LogP contribution in [0.4, 0.5) is 0 Å². The van der Waals surface area contributed by atoms with Crippen LogP contribution >= 0.6 is 0 Å². The van der Waals surface area contributed by atoms with E-state index in [2.05, 4.69) is 17.2 Å². The number of hydrogen-bond donors (Lipinski definition) is 2. The van der Waals surface area contributed by atoms with E-state index in [0.29, 0.717) is 12.8 Å². The van der Waals surface area contributed by atoms with Crippen molar-refractivity contribution in [1.82, 2.24) is 10.3 Å². The van der Waals surface area contributed by atoms with Crippen molar-refractivity contribution in [3.05, 3.63) is 36.0 Å². The standard InChI is InChI=1S/C22H32N2O2/c1-3-4-5-6-7-8-9-14-22(26)24-21(17(2)25)15-18-16-23-20-13-11-10-12-19(18)20/h10-13,16,21,23H,3-9,14-15H2,1-2H3,(H,24,26). The van der Waals surface area contributed by atoms with Crippen molar-refractivity contribution >= 4 is 22.6 Å². The van der Waals surface area contributed by atoms with Crippen molar-refractivity contribution in [2.24, 2.45) is 0 Å². The molecule has 0 aliphatic heterocycles. The minimum atomic E-state index is -0.453. The number of para-hydroxylation sites is 1. The Labute approximate surface area is 156 Å². The maximum Gasteiger partial charge on any atom is 0.220 e. The molecule has 1 aromatic carbocycles. The molecule has 4 nitrogen and oxygen atoms in total. The number of ketones is 1. The summed E-state index contributed by atoms with van der Waals surface area (Å²) in [4.78, 5) is 27.4. The van der Waals surface area contributed by atoms with Gasteiger partial charge in [0.25, 0.3) is 0 Å².